The van der Waals surface area contributed by atoms with Crippen molar-refractivity contribution in [1.29, 1.82) is 0 Å². The summed E-state index contributed by atoms with van der Waals surface area (Å²) < 4.78 is 2.05. The zero-order valence-electron chi connectivity index (χ0n) is 12.0. The number of benzene rings is 1. The van der Waals surface area contributed by atoms with Gasteiger partial charge in [0.15, 0.2) is 5.82 Å². The Hall–Kier alpha value is -2.14. The third kappa shape index (κ3) is 2.64. The van der Waals surface area contributed by atoms with Gasteiger partial charge in [0.25, 0.3) is 0 Å². The van der Waals surface area contributed by atoms with Crippen LogP contribution in [0.5, 0.6) is 0 Å². The predicted octanol–water partition coefficient (Wildman–Crippen LogP) is 3.31. The highest BCUT2D eigenvalue weighted by Gasteiger charge is 2.29. The minimum absolute atomic E-state index is 0.566. The molecule has 2 aromatic heterocycles. The first-order chi connectivity index (χ1) is 10.8. The van der Waals surface area contributed by atoms with E-state index in [1.807, 2.05) is 28.8 Å². The maximum atomic E-state index is 6.00. The Morgan fingerprint density at radius 2 is 2.18 bits per heavy atom. The number of aromatic nitrogens is 4. The second-order valence-electron chi connectivity index (χ2n) is 5.61. The van der Waals surface area contributed by atoms with Crippen LogP contribution in [0, 0.1) is 0 Å². The van der Waals surface area contributed by atoms with Crippen molar-refractivity contribution in [1.82, 2.24) is 19.6 Å². The van der Waals surface area contributed by atoms with Crippen molar-refractivity contribution in [3.05, 3.63) is 53.1 Å². The Morgan fingerprint density at radius 3 is 3.00 bits per heavy atom. The van der Waals surface area contributed by atoms with Crippen molar-refractivity contribution in [3.8, 4) is 0 Å². The summed E-state index contributed by atoms with van der Waals surface area (Å²) in [5.74, 6) is 2.40. The fraction of sp³-hybridized carbons (Fsp3) is 0.312. The summed E-state index contributed by atoms with van der Waals surface area (Å²) in [5.41, 5.74) is 2.00. The van der Waals surface area contributed by atoms with Gasteiger partial charge in [-0.25, -0.2) is 4.98 Å². The second kappa shape index (κ2) is 5.57. The molecular formula is C16H16ClN5. The molecule has 6 heteroatoms. The van der Waals surface area contributed by atoms with E-state index < -0.39 is 0 Å². The lowest BCUT2D eigenvalue weighted by molar-refractivity contribution is 0.894. The number of nitrogens with one attached hydrogen (secondary N) is 1. The lowest BCUT2D eigenvalue weighted by Crippen LogP contribution is -2.08. The van der Waals surface area contributed by atoms with Crippen LogP contribution < -0.4 is 5.32 Å². The van der Waals surface area contributed by atoms with Crippen molar-refractivity contribution in [2.75, 3.05) is 11.9 Å². The molecule has 5 nitrogen and oxygen atoms in total. The summed E-state index contributed by atoms with van der Waals surface area (Å²) >= 11 is 6.00. The van der Waals surface area contributed by atoms with E-state index in [1.54, 1.807) is 6.20 Å². The van der Waals surface area contributed by atoms with Gasteiger partial charge in [-0.1, -0.05) is 23.7 Å². The zero-order chi connectivity index (χ0) is 14.9. The van der Waals surface area contributed by atoms with Crippen LogP contribution >= 0.6 is 11.6 Å². The van der Waals surface area contributed by atoms with Gasteiger partial charge in [0.1, 0.15) is 5.82 Å². The molecule has 1 N–H and O–H groups in total. The SMILES string of the molecule is Clc1cccc(CCNc2nccn3c(C4CC4)nnc23)c1. The number of hydrogen-bond acceptors (Lipinski definition) is 4. The lowest BCUT2D eigenvalue weighted by Gasteiger charge is -2.07. The molecule has 1 aromatic carbocycles. The molecular weight excluding hydrogens is 298 g/mol. The Bertz CT molecular complexity index is 809. The van der Waals surface area contributed by atoms with E-state index in [4.69, 9.17) is 11.6 Å². The number of nitrogens with zero attached hydrogens (tertiary/aromatic N) is 4. The molecule has 0 saturated heterocycles. The van der Waals surface area contributed by atoms with Gasteiger partial charge in [0.2, 0.25) is 5.65 Å². The second-order valence-corrected chi connectivity index (χ2v) is 6.05. The molecule has 0 radical (unpaired) electrons. The van der Waals surface area contributed by atoms with Crippen LogP contribution in [0.3, 0.4) is 0 Å². The largest absolute Gasteiger partial charge is 0.367 e. The van der Waals surface area contributed by atoms with Gasteiger partial charge in [0.05, 0.1) is 0 Å². The molecule has 112 valence electrons. The van der Waals surface area contributed by atoms with Crippen LogP contribution in [-0.4, -0.2) is 26.1 Å². The molecule has 1 aliphatic carbocycles. The monoisotopic (exact) mass is 313 g/mol. The molecule has 22 heavy (non-hydrogen) atoms. The van der Waals surface area contributed by atoms with Crippen molar-refractivity contribution in [2.24, 2.45) is 0 Å². The Morgan fingerprint density at radius 1 is 1.27 bits per heavy atom. The first kappa shape index (κ1) is 13.5. The van der Waals surface area contributed by atoms with Gasteiger partial charge >= 0.3 is 0 Å². The zero-order valence-corrected chi connectivity index (χ0v) is 12.8. The van der Waals surface area contributed by atoms with Crippen LogP contribution in [0.25, 0.3) is 5.65 Å². The standard InChI is InChI=1S/C16H16ClN5/c17-13-3-1-2-11(10-13)6-7-18-14-16-21-20-15(12-4-5-12)22(16)9-8-19-14/h1-3,8-10,12H,4-7H2,(H,18,19). The van der Waals surface area contributed by atoms with E-state index in [0.29, 0.717) is 5.92 Å². The van der Waals surface area contributed by atoms with Crippen LogP contribution in [0.2, 0.25) is 5.02 Å². The normalized spacial score (nSPS) is 14.4. The molecule has 4 rings (SSSR count). The highest BCUT2D eigenvalue weighted by molar-refractivity contribution is 6.30. The van der Waals surface area contributed by atoms with Gasteiger partial charge in [-0.2, -0.15) is 0 Å². The summed E-state index contributed by atoms with van der Waals surface area (Å²) in [6, 6.07) is 7.91. The van der Waals surface area contributed by atoms with Gasteiger partial charge < -0.3 is 5.32 Å². The number of rotatable bonds is 5. The van der Waals surface area contributed by atoms with Crippen LogP contribution in [0.4, 0.5) is 5.82 Å². The lowest BCUT2D eigenvalue weighted by atomic mass is 10.1. The van der Waals surface area contributed by atoms with Gasteiger partial charge in [-0.15, -0.1) is 10.2 Å². The number of hydrogen-bond donors (Lipinski definition) is 1. The summed E-state index contributed by atoms with van der Waals surface area (Å²) in [6.45, 7) is 0.776. The van der Waals surface area contributed by atoms with E-state index in [-0.39, 0.29) is 0 Å². The molecule has 1 saturated carbocycles. The fourth-order valence-corrected chi connectivity index (χ4v) is 2.82. The molecule has 0 unspecified atom stereocenters. The minimum atomic E-state index is 0.566. The molecule has 2 heterocycles. The predicted molar refractivity (Wildman–Crippen MR) is 86.4 cm³/mol. The molecule has 1 aliphatic rings. The highest BCUT2D eigenvalue weighted by atomic mass is 35.5. The average molecular weight is 314 g/mol. The smallest absolute Gasteiger partial charge is 0.203 e. The Labute approximate surface area is 133 Å². The Balaban J connectivity index is 1.49. The molecule has 0 amide bonds. The summed E-state index contributed by atoms with van der Waals surface area (Å²) in [6.07, 6.45) is 7.03. The first-order valence-electron chi connectivity index (χ1n) is 7.49. The number of anilines is 1. The maximum Gasteiger partial charge on any atom is 0.203 e. The quantitative estimate of drug-likeness (QED) is 0.785. The minimum Gasteiger partial charge on any atom is -0.367 e. The molecule has 1 fully saturated rings. The van der Waals surface area contributed by atoms with Crippen LogP contribution in [0.1, 0.15) is 30.1 Å². The van der Waals surface area contributed by atoms with E-state index in [1.165, 1.54) is 18.4 Å². The van der Waals surface area contributed by atoms with Gasteiger partial charge in [-0.05, 0) is 37.0 Å². The van der Waals surface area contributed by atoms with Crippen molar-refractivity contribution in [2.45, 2.75) is 25.2 Å². The molecule has 0 aliphatic heterocycles. The Kier molecular flexibility index (Phi) is 3.42. The number of halogens is 1. The average Bonchev–Trinajstić information content (AvgIpc) is 3.27. The molecule has 0 bridgehead atoms. The van der Waals surface area contributed by atoms with Crippen LogP contribution in [0.15, 0.2) is 36.7 Å². The van der Waals surface area contributed by atoms with Crippen molar-refractivity contribution in [3.63, 3.8) is 0 Å². The van der Waals surface area contributed by atoms with Gasteiger partial charge in [0, 0.05) is 29.9 Å². The van der Waals surface area contributed by atoms with Crippen molar-refractivity contribution >= 4 is 23.1 Å². The highest BCUT2D eigenvalue weighted by Crippen LogP contribution is 2.39. The van der Waals surface area contributed by atoms with Crippen LogP contribution in [-0.2, 0) is 6.42 Å². The first-order valence-corrected chi connectivity index (χ1v) is 7.87. The van der Waals surface area contributed by atoms with Crippen molar-refractivity contribution < 1.29 is 0 Å². The molecule has 0 atom stereocenters. The van der Waals surface area contributed by atoms with Gasteiger partial charge in [-0.3, -0.25) is 4.40 Å². The third-order valence-electron chi connectivity index (χ3n) is 3.89. The van der Waals surface area contributed by atoms with E-state index in [2.05, 4.69) is 26.6 Å². The molecule has 0 spiro atoms. The summed E-state index contributed by atoms with van der Waals surface area (Å²) in [7, 11) is 0. The third-order valence-corrected chi connectivity index (χ3v) is 4.13. The van der Waals surface area contributed by atoms with E-state index in [0.717, 1.165) is 35.3 Å². The number of fused-ring (bicyclic) bond motifs is 1. The maximum absolute atomic E-state index is 6.00. The summed E-state index contributed by atoms with van der Waals surface area (Å²) in [4.78, 5) is 4.39. The fourth-order valence-electron chi connectivity index (χ4n) is 2.61. The summed E-state index contributed by atoms with van der Waals surface area (Å²) in [5, 5.41) is 12.7. The van der Waals surface area contributed by atoms with E-state index in [9.17, 15) is 0 Å². The topological polar surface area (TPSA) is 55.1 Å². The van der Waals surface area contributed by atoms with E-state index >= 15 is 0 Å². The molecule has 3 aromatic rings.